The summed E-state index contributed by atoms with van der Waals surface area (Å²) in [4.78, 5) is 4.14. The molecule has 1 N–H and O–H groups in total. The molecule has 2 rings (SSSR count). The van der Waals surface area contributed by atoms with Gasteiger partial charge in [0.1, 0.15) is 0 Å². The van der Waals surface area contributed by atoms with Gasteiger partial charge in [-0.15, -0.1) is 0 Å². The monoisotopic (exact) mass is 232 g/mol. The van der Waals surface area contributed by atoms with Crippen LogP contribution >= 0.6 is 0 Å². The molecule has 0 spiro atoms. The van der Waals surface area contributed by atoms with Gasteiger partial charge in [-0.25, -0.2) is 0 Å². The summed E-state index contributed by atoms with van der Waals surface area (Å²) in [5, 5.41) is 3.59. The fourth-order valence-corrected chi connectivity index (χ4v) is 2.79. The van der Waals surface area contributed by atoms with Crippen molar-refractivity contribution in [2.75, 3.05) is 5.32 Å². The normalized spacial score (nSPS) is 25.6. The van der Waals surface area contributed by atoms with Gasteiger partial charge in [-0.2, -0.15) is 0 Å². The zero-order chi connectivity index (χ0) is 12.3. The summed E-state index contributed by atoms with van der Waals surface area (Å²) in [5.74, 6) is 0.884. The van der Waals surface area contributed by atoms with Gasteiger partial charge in [0.15, 0.2) is 0 Å². The number of nitrogens with zero attached hydrogens (tertiary/aromatic N) is 1. The van der Waals surface area contributed by atoms with E-state index < -0.39 is 0 Å². The first-order valence-corrected chi connectivity index (χ1v) is 6.72. The number of nitrogens with one attached hydrogen (secondary N) is 1. The molecule has 17 heavy (non-hydrogen) atoms. The van der Waals surface area contributed by atoms with Crippen LogP contribution in [0.25, 0.3) is 0 Å². The Kier molecular flexibility index (Phi) is 3.70. The average Bonchev–Trinajstić information content (AvgIpc) is 2.30. The molecular weight excluding hydrogens is 208 g/mol. The Morgan fingerprint density at radius 1 is 1.18 bits per heavy atom. The Hall–Kier alpha value is -1.05. The molecule has 2 nitrogen and oxygen atoms in total. The van der Waals surface area contributed by atoms with E-state index in [1.807, 2.05) is 18.5 Å². The molecular formula is C15H24N2. The second-order valence-electron chi connectivity index (χ2n) is 6.30. The van der Waals surface area contributed by atoms with E-state index in [9.17, 15) is 0 Å². The highest BCUT2D eigenvalue weighted by Gasteiger charge is 2.29. The molecule has 1 aromatic rings. The van der Waals surface area contributed by atoms with Gasteiger partial charge in [0, 0.05) is 18.4 Å². The second kappa shape index (κ2) is 5.07. The number of pyridine rings is 1. The number of hydrogen-bond donors (Lipinski definition) is 1. The van der Waals surface area contributed by atoms with Crippen molar-refractivity contribution in [3.05, 3.63) is 24.5 Å². The van der Waals surface area contributed by atoms with Gasteiger partial charge in [-0.3, -0.25) is 4.98 Å². The van der Waals surface area contributed by atoms with Crippen molar-refractivity contribution in [3.63, 3.8) is 0 Å². The fraction of sp³-hybridized carbons (Fsp3) is 0.667. The first-order chi connectivity index (χ1) is 8.05. The van der Waals surface area contributed by atoms with Crippen LogP contribution in [0.2, 0.25) is 0 Å². The first kappa shape index (κ1) is 12.4. The highest BCUT2D eigenvalue weighted by Crippen LogP contribution is 2.38. The fourth-order valence-electron chi connectivity index (χ4n) is 2.79. The largest absolute Gasteiger partial charge is 0.381 e. The zero-order valence-electron chi connectivity index (χ0n) is 11.2. The van der Waals surface area contributed by atoms with Crippen molar-refractivity contribution in [3.8, 4) is 0 Å². The summed E-state index contributed by atoms with van der Waals surface area (Å²) < 4.78 is 0. The molecule has 1 fully saturated rings. The molecule has 1 aliphatic rings. The number of rotatable bonds is 2. The summed E-state index contributed by atoms with van der Waals surface area (Å²) in [7, 11) is 0. The van der Waals surface area contributed by atoms with E-state index in [2.05, 4.69) is 37.1 Å². The minimum atomic E-state index is 0.472. The molecule has 0 saturated heterocycles. The summed E-state index contributed by atoms with van der Waals surface area (Å²) in [6.07, 6.45) is 9.01. The molecule has 1 aliphatic carbocycles. The lowest BCUT2D eigenvalue weighted by Crippen LogP contribution is -2.31. The maximum absolute atomic E-state index is 4.14. The average molecular weight is 232 g/mol. The third-order valence-corrected chi connectivity index (χ3v) is 3.98. The van der Waals surface area contributed by atoms with E-state index in [4.69, 9.17) is 0 Å². The molecule has 0 unspecified atom stereocenters. The molecule has 94 valence electrons. The first-order valence-electron chi connectivity index (χ1n) is 6.72. The van der Waals surface area contributed by atoms with Crippen LogP contribution in [0.3, 0.4) is 0 Å². The van der Waals surface area contributed by atoms with Gasteiger partial charge in [0.25, 0.3) is 0 Å². The highest BCUT2D eigenvalue weighted by atomic mass is 14.9. The summed E-state index contributed by atoms with van der Waals surface area (Å²) in [6, 6.07) is 4.73. The van der Waals surface area contributed by atoms with Crippen molar-refractivity contribution in [1.29, 1.82) is 0 Å². The lowest BCUT2D eigenvalue weighted by molar-refractivity contribution is 0.173. The lowest BCUT2D eigenvalue weighted by atomic mass is 9.71. The molecule has 0 amide bonds. The van der Waals surface area contributed by atoms with Crippen LogP contribution < -0.4 is 5.32 Å². The lowest BCUT2D eigenvalue weighted by Gasteiger charge is -2.37. The van der Waals surface area contributed by atoms with E-state index >= 15 is 0 Å². The highest BCUT2D eigenvalue weighted by molar-refractivity contribution is 5.40. The quantitative estimate of drug-likeness (QED) is 0.830. The van der Waals surface area contributed by atoms with Crippen LogP contribution in [0.4, 0.5) is 5.69 Å². The van der Waals surface area contributed by atoms with Crippen LogP contribution in [0.1, 0.15) is 46.5 Å². The van der Waals surface area contributed by atoms with Crippen LogP contribution in [-0.2, 0) is 0 Å². The molecule has 1 heterocycles. The van der Waals surface area contributed by atoms with Crippen molar-refractivity contribution >= 4 is 5.69 Å². The minimum Gasteiger partial charge on any atom is -0.381 e. The van der Waals surface area contributed by atoms with Crippen molar-refractivity contribution in [2.24, 2.45) is 11.3 Å². The van der Waals surface area contributed by atoms with Crippen molar-refractivity contribution in [2.45, 2.75) is 52.5 Å². The standard InChI is InChI=1S/C15H24N2/c1-15(2,3)12-6-8-13(9-7-12)17-14-5-4-10-16-11-14/h4-5,10-13,17H,6-9H2,1-3H3. The summed E-state index contributed by atoms with van der Waals surface area (Å²) in [5.41, 5.74) is 1.63. The zero-order valence-corrected chi connectivity index (χ0v) is 11.2. The Labute approximate surface area is 105 Å². The van der Waals surface area contributed by atoms with Crippen molar-refractivity contribution in [1.82, 2.24) is 4.98 Å². The molecule has 0 radical (unpaired) electrons. The predicted octanol–water partition coefficient (Wildman–Crippen LogP) is 4.10. The van der Waals surface area contributed by atoms with Crippen LogP contribution in [-0.4, -0.2) is 11.0 Å². The topological polar surface area (TPSA) is 24.9 Å². The van der Waals surface area contributed by atoms with Crippen molar-refractivity contribution < 1.29 is 0 Å². The molecule has 0 aliphatic heterocycles. The molecule has 2 heteroatoms. The van der Waals surface area contributed by atoms with E-state index in [0.717, 1.165) is 11.6 Å². The van der Waals surface area contributed by atoms with Gasteiger partial charge in [-0.1, -0.05) is 20.8 Å². The number of anilines is 1. The van der Waals surface area contributed by atoms with E-state index in [0.29, 0.717) is 11.5 Å². The van der Waals surface area contributed by atoms with Gasteiger partial charge in [0.05, 0.1) is 5.69 Å². The molecule has 1 saturated carbocycles. The van der Waals surface area contributed by atoms with Crippen LogP contribution in [0, 0.1) is 11.3 Å². The number of aromatic nitrogens is 1. The smallest absolute Gasteiger partial charge is 0.0528 e. The maximum atomic E-state index is 4.14. The second-order valence-corrected chi connectivity index (χ2v) is 6.30. The minimum absolute atomic E-state index is 0.472. The van der Waals surface area contributed by atoms with E-state index in [1.165, 1.54) is 25.7 Å². The molecule has 0 atom stereocenters. The third kappa shape index (κ3) is 3.45. The van der Waals surface area contributed by atoms with Gasteiger partial charge in [-0.05, 0) is 49.1 Å². The predicted molar refractivity (Wildman–Crippen MR) is 73.1 cm³/mol. The Bertz CT molecular complexity index is 332. The Morgan fingerprint density at radius 3 is 2.41 bits per heavy atom. The van der Waals surface area contributed by atoms with E-state index in [-0.39, 0.29) is 0 Å². The maximum Gasteiger partial charge on any atom is 0.0528 e. The van der Waals surface area contributed by atoms with Crippen LogP contribution in [0.5, 0.6) is 0 Å². The molecule has 1 aromatic heterocycles. The Balaban J connectivity index is 1.84. The SMILES string of the molecule is CC(C)(C)C1CCC(Nc2cccnc2)CC1. The number of hydrogen-bond acceptors (Lipinski definition) is 2. The summed E-state index contributed by atoms with van der Waals surface area (Å²) >= 11 is 0. The molecule has 0 bridgehead atoms. The van der Waals surface area contributed by atoms with Gasteiger partial charge < -0.3 is 5.32 Å². The van der Waals surface area contributed by atoms with E-state index in [1.54, 1.807) is 0 Å². The Morgan fingerprint density at radius 2 is 1.88 bits per heavy atom. The third-order valence-electron chi connectivity index (χ3n) is 3.98. The molecule has 0 aromatic carbocycles. The summed E-state index contributed by atoms with van der Waals surface area (Å²) in [6.45, 7) is 7.10. The van der Waals surface area contributed by atoms with Crippen LogP contribution in [0.15, 0.2) is 24.5 Å². The van der Waals surface area contributed by atoms with Gasteiger partial charge in [0.2, 0.25) is 0 Å². The van der Waals surface area contributed by atoms with Gasteiger partial charge >= 0.3 is 0 Å².